The molecular weight excluding hydrogens is 326 g/mol. The molecule has 1 aliphatic carbocycles. The minimum atomic E-state index is -0.0959. The van der Waals surface area contributed by atoms with Crippen molar-refractivity contribution in [2.75, 3.05) is 5.32 Å². The van der Waals surface area contributed by atoms with E-state index in [0.29, 0.717) is 17.5 Å². The van der Waals surface area contributed by atoms with E-state index in [-0.39, 0.29) is 11.4 Å². The number of H-pyrrole nitrogens is 1. The topological polar surface area (TPSA) is 86.2 Å². The summed E-state index contributed by atoms with van der Waals surface area (Å²) in [7, 11) is 0. The molecule has 3 aromatic rings. The molecule has 2 aliphatic rings. The first-order valence-corrected chi connectivity index (χ1v) is 8.57. The summed E-state index contributed by atoms with van der Waals surface area (Å²) >= 11 is 0. The summed E-state index contributed by atoms with van der Waals surface area (Å²) in [4.78, 5) is 15.9. The van der Waals surface area contributed by atoms with Gasteiger partial charge in [0.05, 0.1) is 5.54 Å². The van der Waals surface area contributed by atoms with Crippen LogP contribution in [0.3, 0.4) is 0 Å². The molecule has 3 heterocycles. The fourth-order valence-corrected chi connectivity index (χ4v) is 3.33. The number of allylic oxidation sites excluding steroid dienone is 1. The first-order valence-electron chi connectivity index (χ1n) is 8.57. The van der Waals surface area contributed by atoms with Crippen LogP contribution in [0.5, 0.6) is 5.88 Å². The molecule has 0 unspecified atom stereocenters. The van der Waals surface area contributed by atoms with Gasteiger partial charge in [-0.05, 0) is 36.6 Å². The molecule has 5 rings (SSSR count). The van der Waals surface area contributed by atoms with E-state index in [0.717, 1.165) is 24.0 Å². The molecule has 128 valence electrons. The van der Waals surface area contributed by atoms with E-state index in [4.69, 9.17) is 0 Å². The predicted octanol–water partition coefficient (Wildman–Crippen LogP) is 3.87. The lowest BCUT2D eigenvalue weighted by Crippen LogP contribution is -2.19. The van der Waals surface area contributed by atoms with E-state index < -0.39 is 0 Å². The number of pyridine rings is 1. The molecule has 0 bridgehead atoms. The molecular formula is C20H17N5O. The number of hydrogen-bond donors (Lipinski definition) is 3. The van der Waals surface area contributed by atoms with E-state index in [1.54, 1.807) is 12.4 Å². The maximum atomic E-state index is 10.2. The van der Waals surface area contributed by atoms with Gasteiger partial charge in [-0.15, -0.1) is 0 Å². The fraction of sp³-hybridized carbons (Fsp3) is 0.150. The number of aromatic hydroxyl groups is 1. The Kier molecular flexibility index (Phi) is 3.18. The number of imidazole rings is 1. The van der Waals surface area contributed by atoms with E-state index in [2.05, 4.69) is 37.4 Å². The second-order valence-electron chi connectivity index (χ2n) is 6.63. The molecule has 1 fully saturated rings. The normalized spacial score (nSPS) is 18.1. The van der Waals surface area contributed by atoms with E-state index in [9.17, 15) is 5.11 Å². The molecule has 26 heavy (non-hydrogen) atoms. The van der Waals surface area contributed by atoms with Gasteiger partial charge in [-0.25, -0.2) is 9.98 Å². The molecule has 0 saturated heterocycles. The summed E-state index contributed by atoms with van der Waals surface area (Å²) in [6.07, 6.45) is 7.39. The van der Waals surface area contributed by atoms with Crippen molar-refractivity contribution in [2.45, 2.75) is 18.4 Å². The molecule has 1 aliphatic heterocycles. The van der Waals surface area contributed by atoms with Gasteiger partial charge in [0.25, 0.3) is 0 Å². The van der Waals surface area contributed by atoms with Crippen molar-refractivity contribution in [3.05, 3.63) is 65.5 Å². The maximum absolute atomic E-state index is 10.2. The second kappa shape index (κ2) is 5.56. The molecule has 3 N–H and O–H groups in total. The van der Waals surface area contributed by atoms with E-state index in [1.165, 1.54) is 5.56 Å². The average Bonchev–Trinajstić information content (AvgIpc) is 3.22. The Bertz CT molecular complexity index is 1030. The van der Waals surface area contributed by atoms with Crippen LogP contribution in [0.2, 0.25) is 0 Å². The number of anilines is 1. The van der Waals surface area contributed by atoms with Gasteiger partial charge in [-0.2, -0.15) is 4.98 Å². The third-order valence-electron chi connectivity index (χ3n) is 4.87. The lowest BCUT2D eigenvalue weighted by atomic mass is 10.1. The zero-order chi connectivity index (χ0) is 17.6. The number of nitrogens with one attached hydrogen (secondary N) is 2. The summed E-state index contributed by atoms with van der Waals surface area (Å²) in [6.45, 7) is 0. The Hall–Kier alpha value is -3.41. The Balaban J connectivity index is 1.43. The van der Waals surface area contributed by atoms with E-state index in [1.807, 2.05) is 36.4 Å². The third-order valence-corrected chi connectivity index (χ3v) is 4.87. The van der Waals surface area contributed by atoms with Crippen molar-refractivity contribution in [3.63, 3.8) is 0 Å². The number of hydrogen-bond acceptors (Lipinski definition) is 5. The smallest absolute Gasteiger partial charge is 0.238 e. The highest BCUT2D eigenvalue weighted by molar-refractivity contribution is 6.20. The quantitative estimate of drug-likeness (QED) is 0.671. The van der Waals surface area contributed by atoms with Gasteiger partial charge in [0.1, 0.15) is 5.69 Å². The highest BCUT2D eigenvalue weighted by Gasteiger charge is 2.45. The first kappa shape index (κ1) is 14.9. The van der Waals surface area contributed by atoms with Crippen molar-refractivity contribution in [1.82, 2.24) is 15.0 Å². The average molecular weight is 343 g/mol. The molecule has 0 amide bonds. The standard InChI is InChI=1S/C20H17N5O/c26-18-16(11-13-12-22-17-15(13)7-4-10-21-17)23-19(24-18)25-20(8-9-20)14-5-2-1-3-6-14/h1-7,10-12,26H,8-9H2,(H2,23,24,25). The van der Waals surface area contributed by atoms with Gasteiger partial charge in [0.15, 0.2) is 5.82 Å². The molecule has 1 aromatic carbocycles. The van der Waals surface area contributed by atoms with Crippen LogP contribution in [-0.2, 0) is 5.54 Å². The number of rotatable bonds is 4. The molecule has 0 atom stereocenters. The van der Waals surface area contributed by atoms with Crippen molar-refractivity contribution >= 4 is 29.6 Å². The summed E-state index contributed by atoms with van der Waals surface area (Å²) in [5.41, 5.74) is 3.52. The fourth-order valence-electron chi connectivity index (χ4n) is 3.33. The lowest BCUT2D eigenvalue weighted by molar-refractivity contribution is 0.455. The summed E-state index contributed by atoms with van der Waals surface area (Å²) in [5.74, 6) is 1.23. The Morgan fingerprint density at radius 2 is 1.96 bits per heavy atom. The van der Waals surface area contributed by atoms with Gasteiger partial charge < -0.3 is 15.4 Å². The summed E-state index contributed by atoms with van der Waals surface area (Å²) in [6, 6.07) is 14.2. The van der Waals surface area contributed by atoms with Crippen LogP contribution in [0.25, 0.3) is 11.6 Å². The number of benzene rings is 1. The molecule has 6 heteroatoms. The van der Waals surface area contributed by atoms with Gasteiger partial charge in [-0.3, -0.25) is 0 Å². The van der Waals surface area contributed by atoms with Crippen LogP contribution in [0.1, 0.15) is 29.7 Å². The largest absolute Gasteiger partial charge is 0.492 e. The van der Waals surface area contributed by atoms with Crippen LogP contribution < -0.4 is 5.32 Å². The van der Waals surface area contributed by atoms with Gasteiger partial charge >= 0.3 is 0 Å². The van der Waals surface area contributed by atoms with Crippen LogP contribution in [0, 0.1) is 0 Å². The molecule has 1 saturated carbocycles. The van der Waals surface area contributed by atoms with Crippen LogP contribution in [0.4, 0.5) is 11.8 Å². The second-order valence-corrected chi connectivity index (χ2v) is 6.63. The summed E-state index contributed by atoms with van der Waals surface area (Å²) < 4.78 is 0. The molecule has 6 nitrogen and oxygen atoms in total. The highest BCUT2D eigenvalue weighted by atomic mass is 16.3. The monoisotopic (exact) mass is 343 g/mol. The Morgan fingerprint density at radius 3 is 2.77 bits per heavy atom. The number of aliphatic imine (C=N–C) groups is 1. The zero-order valence-corrected chi connectivity index (χ0v) is 14.0. The predicted molar refractivity (Wildman–Crippen MR) is 101 cm³/mol. The minimum Gasteiger partial charge on any atom is -0.492 e. The highest BCUT2D eigenvalue weighted by Crippen LogP contribution is 2.48. The van der Waals surface area contributed by atoms with Crippen LogP contribution >= 0.6 is 0 Å². The Morgan fingerprint density at radius 1 is 1.12 bits per heavy atom. The van der Waals surface area contributed by atoms with E-state index >= 15 is 0 Å². The number of aromatic nitrogens is 3. The molecule has 0 spiro atoms. The van der Waals surface area contributed by atoms with Crippen molar-refractivity contribution < 1.29 is 5.11 Å². The lowest BCUT2D eigenvalue weighted by Gasteiger charge is -2.16. The SMILES string of the molecule is Oc1nc(NC2(c3ccccc3)CC2)[nH]c1C=C1C=Nc2ncccc21. The van der Waals surface area contributed by atoms with Crippen LogP contribution in [-0.4, -0.2) is 26.3 Å². The number of nitrogens with zero attached hydrogens (tertiary/aromatic N) is 3. The third kappa shape index (κ3) is 2.47. The number of aromatic amines is 1. The maximum Gasteiger partial charge on any atom is 0.238 e. The number of fused-ring (bicyclic) bond motifs is 1. The molecule has 2 aromatic heterocycles. The van der Waals surface area contributed by atoms with Crippen molar-refractivity contribution in [2.24, 2.45) is 4.99 Å². The van der Waals surface area contributed by atoms with Crippen molar-refractivity contribution in [3.8, 4) is 5.88 Å². The van der Waals surface area contributed by atoms with Gasteiger partial charge in [-0.1, -0.05) is 30.3 Å². The first-order chi connectivity index (χ1) is 12.7. The van der Waals surface area contributed by atoms with Crippen LogP contribution in [0.15, 0.2) is 53.7 Å². The van der Waals surface area contributed by atoms with Gasteiger partial charge in [0, 0.05) is 23.5 Å². The Labute approximate surface area is 150 Å². The van der Waals surface area contributed by atoms with Gasteiger partial charge in [0.2, 0.25) is 11.8 Å². The van der Waals surface area contributed by atoms with Crippen molar-refractivity contribution in [1.29, 1.82) is 0 Å². The minimum absolute atomic E-state index is 0.0328. The molecule has 0 radical (unpaired) electrons. The zero-order valence-electron chi connectivity index (χ0n) is 14.0. The summed E-state index contributed by atoms with van der Waals surface area (Å²) in [5, 5.41) is 13.7.